The molecule has 2 aromatic rings. The zero-order valence-corrected chi connectivity index (χ0v) is 13.5. The number of rotatable bonds is 3. The van der Waals surface area contributed by atoms with E-state index in [1.807, 2.05) is 35.9 Å². The van der Waals surface area contributed by atoms with Crippen LogP contribution in [0.2, 0.25) is 0 Å². The summed E-state index contributed by atoms with van der Waals surface area (Å²) in [5.41, 5.74) is 1.96. The summed E-state index contributed by atoms with van der Waals surface area (Å²) < 4.78 is 28.7. The molecule has 1 aliphatic rings. The van der Waals surface area contributed by atoms with Crippen molar-refractivity contribution in [3.8, 4) is 0 Å². The van der Waals surface area contributed by atoms with Crippen molar-refractivity contribution in [1.82, 2.24) is 13.9 Å². The van der Waals surface area contributed by atoms with Crippen LogP contribution in [0.15, 0.2) is 24.3 Å². The zero-order chi connectivity index (χ0) is 15.2. The molecule has 114 valence electrons. The van der Waals surface area contributed by atoms with E-state index in [0.29, 0.717) is 6.54 Å². The molecule has 1 aliphatic heterocycles. The van der Waals surface area contributed by atoms with E-state index in [-0.39, 0.29) is 6.04 Å². The molecule has 1 atom stereocenters. The fourth-order valence-electron chi connectivity index (χ4n) is 3.04. The average molecular weight is 307 g/mol. The summed E-state index contributed by atoms with van der Waals surface area (Å²) in [4.78, 5) is 4.67. The van der Waals surface area contributed by atoms with E-state index < -0.39 is 15.3 Å². The van der Waals surface area contributed by atoms with Gasteiger partial charge in [0.1, 0.15) is 5.82 Å². The zero-order valence-electron chi connectivity index (χ0n) is 12.7. The minimum Gasteiger partial charge on any atom is -0.330 e. The number of benzene rings is 1. The molecule has 21 heavy (non-hydrogen) atoms. The lowest BCUT2D eigenvalue weighted by molar-refractivity contribution is 0.374. The van der Waals surface area contributed by atoms with Crippen molar-refractivity contribution >= 4 is 21.1 Å². The van der Waals surface area contributed by atoms with Gasteiger partial charge in [-0.15, -0.1) is 0 Å². The number of fused-ring (bicyclic) bond motifs is 1. The van der Waals surface area contributed by atoms with Gasteiger partial charge in [-0.05, 0) is 38.8 Å². The summed E-state index contributed by atoms with van der Waals surface area (Å²) in [6, 6.07) is 7.77. The molecule has 0 radical (unpaired) electrons. The summed E-state index contributed by atoms with van der Waals surface area (Å²) in [5, 5.41) is -0.396. The lowest BCUT2D eigenvalue weighted by Crippen LogP contribution is -2.36. The standard InChI is InChI=1S/C15H21N3O2S/c1-11(2)21(19,20)18-10-6-9-14(18)15-16-12-7-4-5-8-13(12)17(15)3/h4-5,7-8,11,14H,6,9-10H2,1-3H3. The van der Waals surface area contributed by atoms with Gasteiger partial charge in [0.05, 0.1) is 22.3 Å². The van der Waals surface area contributed by atoms with E-state index in [1.165, 1.54) is 0 Å². The average Bonchev–Trinajstić information content (AvgIpc) is 3.04. The summed E-state index contributed by atoms with van der Waals surface area (Å²) in [7, 11) is -1.29. The van der Waals surface area contributed by atoms with Crippen LogP contribution in [0, 0.1) is 0 Å². The van der Waals surface area contributed by atoms with Crippen molar-refractivity contribution in [3.05, 3.63) is 30.1 Å². The van der Waals surface area contributed by atoms with Crippen molar-refractivity contribution in [1.29, 1.82) is 0 Å². The molecule has 1 unspecified atom stereocenters. The SMILES string of the molecule is CC(C)S(=O)(=O)N1CCCC1c1nc2ccccc2n1C. The van der Waals surface area contributed by atoms with Gasteiger partial charge in [0.25, 0.3) is 0 Å². The van der Waals surface area contributed by atoms with Crippen LogP contribution in [0.5, 0.6) is 0 Å². The molecule has 0 bridgehead atoms. The third kappa shape index (κ3) is 2.26. The van der Waals surface area contributed by atoms with Crippen LogP contribution in [0.4, 0.5) is 0 Å². The third-order valence-corrected chi connectivity index (χ3v) is 6.53. The van der Waals surface area contributed by atoms with Crippen LogP contribution < -0.4 is 0 Å². The van der Waals surface area contributed by atoms with E-state index in [1.54, 1.807) is 18.2 Å². The molecule has 0 amide bonds. The smallest absolute Gasteiger partial charge is 0.217 e. The number of nitrogens with zero attached hydrogens (tertiary/aromatic N) is 3. The Kier molecular flexibility index (Phi) is 3.53. The highest BCUT2D eigenvalue weighted by atomic mass is 32.2. The molecule has 1 fully saturated rings. The largest absolute Gasteiger partial charge is 0.330 e. The lowest BCUT2D eigenvalue weighted by Gasteiger charge is -2.25. The second-order valence-corrected chi connectivity index (χ2v) is 8.32. The van der Waals surface area contributed by atoms with Gasteiger partial charge >= 0.3 is 0 Å². The topological polar surface area (TPSA) is 55.2 Å². The van der Waals surface area contributed by atoms with Gasteiger partial charge in [-0.25, -0.2) is 13.4 Å². The maximum absolute atomic E-state index is 12.5. The van der Waals surface area contributed by atoms with Gasteiger partial charge in [0.15, 0.2) is 0 Å². The Labute approximate surface area is 125 Å². The van der Waals surface area contributed by atoms with Crippen molar-refractivity contribution < 1.29 is 8.42 Å². The Balaban J connectivity index is 2.07. The summed E-state index contributed by atoms with van der Waals surface area (Å²) in [5.74, 6) is 0.845. The minimum absolute atomic E-state index is 0.144. The fraction of sp³-hybridized carbons (Fsp3) is 0.533. The Morgan fingerprint density at radius 3 is 2.67 bits per heavy atom. The summed E-state index contributed by atoms with van der Waals surface area (Å²) in [6.45, 7) is 4.06. The van der Waals surface area contributed by atoms with Crippen molar-refractivity contribution in [2.24, 2.45) is 7.05 Å². The Hall–Kier alpha value is -1.40. The van der Waals surface area contributed by atoms with Gasteiger partial charge in [0, 0.05) is 13.6 Å². The number of imidazole rings is 1. The van der Waals surface area contributed by atoms with Gasteiger partial charge in [0.2, 0.25) is 10.0 Å². The number of hydrogen-bond acceptors (Lipinski definition) is 3. The number of aromatic nitrogens is 2. The maximum Gasteiger partial charge on any atom is 0.217 e. The van der Waals surface area contributed by atoms with Gasteiger partial charge in [-0.1, -0.05) is 12.1 Å². The van der Waals surface area contributed by atoms with E-state index >= 15 is 0 Å². The molecule has 5 nitrogen and oxygen atoms in total. The first-order valence-corrected chi connectivity index (χ1v) is 8.85. The molecule has 3 rings (SSSR count). The molecular formula is C15H21N3O2S. The van der Waals surface area contributed by atoms with Crippen LogP contribution in [0.25, 0.3) is 11.0 Å². The first-order valence-electron chi connectivity index (χ1n) is 7.35. The van der Waals surface area contributed by atoms with Crippen LogP contribution in [-0.2, 0) is 17.1 Å². The van der Waals surface area contributed by atoms with E-state index in [0.717, 1.165) is 29.7 Å². The molecule has 1 saturated heterocycles. The molecule has 0 spiro atoms. The minimum atomic E-state index is -3.25. The highest BCUT2D eigenvalue weighted by Gasteiger charge is 2.38. The highest BCUT2D eigenvalue weighted by Crippen LogP contribution is 2.35. The normalized spacial score (nSPS) is 20.7. The monoisotopic (exact) mass is 307 g/mol. The Morgan fingerprint density at radius 1 is 1.29 bits per heavy atom. The number of hydrogen-bond donors (Lipinski definition) is 0. The predicted octanol–water partition coefficient (Wildman–Crippen LogP) is 2.45. The molecule has 1 aromatic carbocycles. The van der Waals surface area contributed by atoms with Crippen molar-refractivity contribution in [2.45, 2.75) is 38.0 Å². The molecule has 1 aromatic heterocycles. The number of sulfonamides is 1. The maximum atomic E-state index is 12.5. The molecule has 6 heteroatoms. The van der Waals surface area contributed by atoms with Gasteiger partial charge in [-0.3, -0.25) is 0 Å². The van der Waals surface area contributed by atoms with E-state index in [2.05, 4.69) is 4.98 Å². The summed E-state index contributed by atoms with van der Waals surface area (Å²) >= 11 is 0. The lowest BCUT2D eigenvalue weighted by atomic mass is 10.2. The molecule has 2 heterocycles. The number of para-hydroxylation sites is 2. The number of aryl methyl sites for hydroxylation is 1. The van der Waals surface area contributed by atoms with Crippen LogP contribution in [0.1, 0.15) is 38.6 Å². The Bertz CT molecular complexity index is 764. The molecular weight excluding hydrogens is 286 g/mol. The van der Waals surface area contributed by atoms with Gasteiger partial charge in [-0.2, -0.15) is 4.31 Å². The quantitative estimate of drug-likeness (QED) is 0.875. The highest BCUT2D eigenvalue weighted by molar-refractivity contribution is 7.89. The fourth-order valence-corrected chi connectivity index (χ4v) is 4.52. The first-order chi connectivity index (χ1) is 9.93. The van der Waals surface area contributed by atoms with Crippen molar-refractivity contribution in [3.63, 3.8) is 0 Å². The van der Waals surface area contributed by atoms with Gasteiger partial charge < -0.3 is 4.57 Å². The molecule has 0 saturated carbocycles. The van der Waals surface area contributed by atoms with Crippen molar-refractivity contribution in [2.75, 3.05) is 6.54 Å². The van der Waals surface area contributed by atoms with Crippen LogP contribution in [0.3, 0.4) is 0 Å². The predicted molar refractivity (Wildman–Crippen MR) is 83.5 cm³/mol. The summed E-state index contributed by atoms with van der Waals surface area (Å²) in [6.07, 6.45) is 1.73. The molecule has 0 N–H and O–H groups in total. The van der Waals surface area contributed by atoms with Crippen LogP contribution >= 0.6 is 0 Å². The second kappa shape index (κ2) is 5.10. The van der Waals surface area contributed by atoms with Crippen LogP contribution in [-0.4, -0.2) is 34.1 Å². The molecule has 0 aliphatic carbocycles. The first kappa shape index (κ1) is 14.5. The van der Waals surface area contributed by atoms with E-state index in [9.17, 15) is 8.42 Å². The second-order valence-electron chi connectivity index (χ2n) is 5.88. The van der Waals surface area contributed by atoms with E-state index in [4.69, 9.17) is 0 Å². The Morgan fingerprint density at radius 2 is 2.00 bits per heavy atom. The third-order valence-electron chi connectivity index (χ3n) is 4.25.